The molecule has 0 saturated carbocycles. The lowest BCUT2D eigenvalue weighted by Crippen LogP contribution is -2.22. The number of hydrogen-bond acceptors (Lipinski definition) is 5. The van der Waals surface area contributed by atoms with Crippen molar-refractivity contribution in [3.63, 3.8) is 0 Å². The molecule has 0 bridgehead atoms. The van der Waals surface area contributed by atoms with E-state index in [1.807, 2.05) is 16.8 Å². The molecule has 1 aliphatic rings. The SMILES string of the molecule is COc1cc2c(nc1-c1cccc3c1CCC3C#N)c(I)nn2COCC[Si](C)(C)C. The van der Waals surface area contributed by atoms with Crippen molar-refractivity contribution in [3.8, 4) is 23.1 Å². The lowest BCUT2D eigenvalue weighted by atomic mass is 9.97. The molecule has 4 rings (SSSR count). The number of rotatable bonds is 7. The minimum Gasteiger partial charge on any atom is -0.494 e. The Balaban J connectivity index is 1.71. The lowest BCUT2D eigenvalue weighted by molar-refractivity contribution is 0.0814. The van der Waals surface area contributed by atoms with E-state index in [0.717, 1.165) is 57.0 Å². The molecule has 1 aromatic carbocycles. The van der Waals surface area contributed by atoms with Crippen LogP contribution in [0.1, 0.15) is 23.5 Å². The van der Waals surface area contributed by atoms with Crippen LogP contribution >= 0.6 is 22.6 Å². The van der Waals surface area contributed by atoms with Gasteiger partial charge in [-0.3, -0.25) is 0 Å². The number of hydrogen-bond donors (Lipinski definition) is 0. The summed E-state index contributed by atoms with van der Waals surface area (Å²) in [6, 6.07) is 11.7. The van der Waals surface area contributed by atoms with Gasteiger partial charge in [0.1, 0.15) is 27.4 Å². The number of aromatic nitrogens is 3. The summed E-state index contributed by atoms with van der Waals surface area (Å²) >= 11 is 2.23. The zero-order valence-electron chi connectivity index (χ0n) is 18.4. The number of fused-ring (bicyclic) bond motifs is 2. The van der Waals surface area contributed by atoms with Gasteiger partial charge in [-0.05, 0) is 52.6 Å². The lowest BCUT2D eigenvalue weighted by Gasteiger charge is -2.15. The maximum Gasteiger partial charge on any atom is 0.149 e. The molecule has 6 nitrogen and oxygen atoms in total. The van der Waals surface area contributed by atoms with Crippen molar-refractivity contribution >= 4 is 41.7 Å². The van der Waals surface area contributed by atoms with Crippen molar-refractivity contribution < 1.29 is 9.47 Å². The Bertz CT molecular complexity index is 1160. The summed E-state index contributed by atoms with van der Waals surface area (Å²) in [5, 5.41) is 14.1. The number of nitrogens with zero attached hydrogens (tertiary/aromatic N) is 4. The summed E-state index contributed by atoms with van der Waals surface area (Å²) in [5.41, 5.74) is 5.92. The molecule has 3 aromatic rings. The quantitative estimate of drug-likeness (QED) is 0.220. The van der Waals surface area contributed by atoms with Crippen molar-refractivity contribution in [1.29, 1.82) is 5.26 Å². The highest BCUT2D eigenvalue weighted by atomic mass is 127. The van der Waals surface area contributed by atoms with E-state index >= 15 is 0 Å². The van der Waals surface area contributed by atoms with Gasteiger partial charge in [0.2, 0.25) is 0 Å². The molecule has 0 N–H and O–H groups in total. The predicted octanol–water partition coefficient (Wildman–Crippen LogP) is 5.58. The maximum absolute atomic E-state index is 9.48. The van der Waals surface area contributed by atoms with E-state index < -0.39 is 8.07 Å². The summed E-state index contributed by atoms with van der Waals surface area (Å²) < 4.78 is 14.4. The minimum atomic E-state index is -1.13. The molecule has 2 aromatic heterocycles. The number of methoxy groups -OCH3 is 1. The largest absolute Gasteiger partial charge is 0.494 e. The van der Waals surface area contributed by atoms with E-state index in [2.05, 4.69) is 65.5 Å². The van der Waals surface area contributed by atoms with E-state index in [0.29, 0.717) is 12.5 Å². The van der Waals surface area contributed by atoms with Gasteiger partial charge in [-0.25, -0.2) is 9.67 Å². The summed E-state index contributed by atoms with van der Waals surface area (Å²) in [4.78, 5) is 4.98. The topological polar surface area (TPSA) is 73.0 Å². The van der Waals surface area contributed by atoms with Crippen LogP contribution in [0, 0.1) is 15.0 Å². The molecular weight excluding hydrogens is 519 g/mol. The average molecular weight is 546 g/mol. The molecule has 0 fully saturated rings. The average Bonchev–Trinajstić information content (AvgIpc) is 3.30. The Morgan fingerprint density at radius 1 is 1.32 bits per heavy atom. The smallest absolute Gasteiger partial charge is 0.149 e. The van der Waals surface area contributed by atoms with Crippen molar-refractivity contribution in [2.24, 2.45) is 0 Å². The first-order chi connectivity index (χ1) is 14.8. The fourth-order valence-corrected chi connectivity index (χ4v) is 5.44. The molecule has 2 heterocycles. The fraction of sp³-hybridized carbons (Fsp3) is 0.435. The van der Waals surface area contributed by atoms with Gasteiger partial charge in [-0.2, -0.15) is 10.4 Å². The first kappa shape index (κ1) is 22.2. The second-order valence-corrected chi connectivity index (χ2v) is 15.8. The molecule has 0 aliphatic heterocycles. The molecule has 0 spiro atoms. The normalized spacial score (nSPS) is 15.8. The molecule has 8 heteroatoms. The Morgan fingerprint density at radius 2 is 2.13 bits per heavy atom. The van der Waals surface area contributed by atoms with E-state index in [1.165, 1.54) is 5.56 Å². The van der Waals surface area contributed by atoms with Gasteiger partial charge in [-0.15, -0.1) is 0 Å². The third kappa shape index (κ3) is 4.49. The second-order valence-electron chi connectivity index (χ2n) is 9.14. The zero-order chi connectivity index (χ0) is 22.2. The van der Waals surface area contributed by atoms with Crippen LogP contribution in [0.25, 0.3) is 22.3 Å². The van der Waals surface area contributed by atoms with Crippen molar-refractivity contribution in [2.75, 3.05) is 13.7 Å². The third-order valence-electron chi connectivity index (χ3n) is 5.76. The second kappa shape index (κ2) is 8.88. The van der Waals surface area contributed by atoms with E-state index in [9.17, 15) is 5.26 Å². The van der Waals surface area contributed by atoms with Gasteiger partial charge in [0.25, 0.3) is 0 Å². The minimum absolute atomic E-state index is 0.0409. The van der Waals surface area contributed by atoms with E-state index in [-0.39, 0.29) is 5.92 Å². The third-order valence-corrected chi connectivity index (χ3v) is 8.19. The van der Waals surface area contributed by atoms with Crippen LogP contribution in [-0.4, -0.2) is 36.6 Å². The van der Waals surface area contributed by atoms with Crippen molar-refractivity contribution in [1.82, 2.24) is 14.8 Å². The number of pyridine rings is 1. The molecule has 31 heavy (non-hydrogen) atoms. The molecule has 1 aliphatic carbocycles. The number of ether oxygens (including phenoxy) is 2. The predicted molar refractivity (Wildman–Crippen MR) is 133 cm³/mol. The number of nitriles is 1. The zero-order valence-corrected chi connectivity index (χ0v) is 21.6. The van der Waals surface area contributed by atoms with Gasteiger partial charge >= 0.3 is 0 Å². The fourth-order valence-electron chi connectivity index (χ4n) is 4.03. The van der Waals surface area contributed by atoms with Gasteiger partial charge in [0, 0.05) is 26.3 Å². The van der Waals surface area contributed by atoms with Gasteiger partial charge in [-0.1, -0.05) is 37.8 Å². The van der Waals surface area contributed by atoms with E-state index in [1.54, 1.807) is 7.11 Å². The van der Waals surface area contributed by atoms with Gasteiger partial charge < -0.3 is 9.47 Å². The summed E-state index contributed by atoms with van der Waals surface area (Å²) in [5.74, 6) is 0.668. The van der Waals surface area contributed by atoms with Crippen LogP contribution in [-0.2, 0) is 17.9 Å². The number of benzene rings is 1. The molecule has 0 saturated heterocycles. The molecule has 1 unspecified atom stereocenters. The van der Waals surface area contributed by atoms with Crippen LogP contribution in [0.4, 0.5) is 0 Å². The van der Waals surface area contributed by atoms with Gasteiger partial charge in [0.05, 0.1) is 24.6 Å². The van der Waals surface area contributed by atoms with Crippen LogP contribution in [0.2, 0.25) is 25.7 Å². The Hall–Kier alpha value is -1.96. The van der Waals surface area contributed by atoms with Crippen LogP contribution in [0.5, 0.6) is 5.75 Å². The first-order valence-electron chi connectivity index (χ1n) is 10.5. The molecule has 1 atom stereocenters. The highest BCUT2D eigenvalue weighted by Crippen LogP contribution is 2.41. The Kier molecular flexibility index (Phi) is 6.37. The Morgan fingerprint density at radius 3 is 2.84 bits per heavy atom. The number of halogens is 1. The van der Waals surface area contributed by atoms with Crippen LogP contribution in [0.15, 0.2) is 24.3 Å². The van der Waals surface area contributed by atoms with Crippen LogP contribution in [0.3, 0.4) is 0 Å². The summed E-state index contributed by atoms with van der Waals surface area (Å²) in [6.07, 6.45) is 1.74. The highest BCUT2D eigenvalue weighted by Gasteiger charge is 2.27. The standard InChI is InChI=1S/C23H27IN4O2Si/c1-29-20-12-19-22(23(24)27-28(19)14-30-10-11-31(2,3)4)26-21(20)18-7-5-6-16-15(13-25)8-9-17(16)18/h5-7,12,15H,8-11,14H2,1-4H3. The Labute approximate surface area is 197 Å². The monoisotopic (exact) mass is 546 g/mol. The summed E-state index contributed by atoms with van der Waals surface area (Å²) in [7, 11) is 0.542. The van der Waals surface area contributed by atoms with Gasteiger partial charge in [0.15, 0.2) is 0 Å². The van der Waals surface area contributed by atoms with E-state index in [4.69, 9.17) is 14.5 Å². The first-order valence-corrected chi connectivity index (χ1v) is 15.3. The van der Waals surface area contributed by atoms with Crippen molar-refractivity contribution in [3.05, 3.63) is 39.1 Å². The molecule has 162 valence electrons. The van der Waals surface area contributed by atoms with Crippen LogP contribution < -0.4 is 4.74 Å². The summed E-state index contributed by atoms with van der Waals surface area (Å²) in [6.45, 7) is 8.18. The highest BCUT2D eigenvalue weighted by molar-refractivity contribution is 14.1. The molecular formula is C23H27IN4O2Si. The molecule has 0 radical (unpaired) electrons. The van der Waals surface area contributed by atoms with Crippen molar-refractivity contribution in [2.45, 2.75) is 51.2 Å². The maximum atomic E-state index is 9.48. The molecule has 0 amide bonds.